The molecule has 338 valence electrons. The Morgan fingerprint density at radius 1 is 0.508 bits per heavy atom. The van der Waals surface area contributed by atoms with Crippen LogP contribution >= 0.6 is 23.5 Å². The van der Waals surface area contributed by atoms with Crippen molar-refractivity contribution >= 4 is 77.0 Å². The van der Waals surface area contributed by atoms with Crippen molar-refractivity contribution < 1.29 is 68.3 Å². The van der Waals surface area contributed by atoms with Crippen LogP contribution in [0.5, 0.6) is 0 Å². The van der Waals surface area contributed by atoms with E-state index in [9.17, 15) is 43.2 Å². The van der Waals surface area contributed by atoms with Gasteiger partial charge in [0.1, 0.15) is 37.3 Å². The second-order valence-corrected chi connectivity index (χ2v) is 16.1. The van der Waals surface area contributed by atoms with Crippen LogP contribution in [0.25, 0.3) is 0 Å². The fourth-order valence-corrected chi connectivity index (χ4v) is 7.24. The summed E-state index contributed by atoms with van der Waals surface area (Å²) in [5.74, 6) is -5.67. The third-order valence-electron chi connectivity index (χ3n) is 8.56. The van der Waals surface area contributed by atoms with Crippen molar-refractivity contribution in [2.24, 2.45) is 11.5 Å². The predicted molar refractivity (Wildman–Crippen MR) is 220 cm³/mol. The lowest BCUT2D eigenvalue weighted by Gasteiger charge is -2.18. The van der Waals surface area contributed by atoms with E-state index in [1.54, 1.807) is 0 Å². The molecule has 0 aromatic rings. The van der Waals surface area contributed by atoms with Gasteiger partial charge in [-0.25, -0.2) is 0 Å². The van der Waals surface area contributed by atoms with Crippen LogP contribution in [0.3, 0.4) is 0 Å². The lowest BCUT2D eigenvalue weighted by Crippen LogP contribution is -2.49. The van der Waals surface area contributed by atoms with Gasteiger partial charge in [-0.1, -0.05) is 51.4 Å². The number of nitrogens with two attached hydrogens (primary N) is 2. The number of carbonyl (C=O) groups excluding carboxylic acids is 5. The van der Waals surface area contributed by atoms with Gasteiger partial charge in [0.05, 0.1) is 6.61 Å². The standard InChI is InChI=1S/C37H64N6O14S2/c38-25(36(53)54)14-16-29(44)42-27(34(51)40-21-31(46)47)23-58-19-11-7-3-1-2-6-10-18-57-33(50)13-9-5-4-8-12-20-59-24-28(35(52)41-22-32(48)49)43-30(45)17-15-26(39)37(55)56/h25-28H,1-24,38-39H2,(H,40,51)(H,41,52)(H,42,44)(H,43,45)(H,46,47)(H,48,49)(H,53,54)(H,55,56). The summed E-state index contributed by atoms with van der Waals surface area (Å²) in [5.41, 5.74) is 10.8. The number of aliphatic carboxylic acids is 4. The minimum atomic E-state index is -1.24. The average molecular weight is 881 g/mol. The number of carboxylic acid groups (broad SMARTS) is 4. The number of hydrogen-bond donors (Lipinski definition) is 10. The molecule has 0 aliphatic heterocycles. The number of carboxylic acids is 4. The zero-order valence-electron chi connectivity index (χ0n) is 33.6. The van der Waals surface area contributed by atoms with Crippen LogP contribution in [-0.2, 0) is 47.9 Å². The molecule has 59 heavy (non-hydrogen) atoms. The topological polar surface area (TPSA) is 344 Å². The van der Waals surface area contributed by atoms with Gasteiger partial charge in [-0.05, 0) is 50.0 Å². The number of esters is 1. The molecular weight excluding hydrogens is 817 g/mol. The monoisotopic (exact) mass is 880 g/mol. The lowest BCUT2D eigenvalue weighted by atomic mass is 10.1. The first-order chi connectivity index (χ1) is 28.0. The molecule has 0 aromatic heterocycles. The number of ether oxygens (including phenoxy) is 1. The smallest absolute Gasteiger partial charge is 0.322 e. The molecule has 4 amide bonds. The van der Waals surface area contributed by atoms with Gasteiger partial charge in [-0.3, -0.25) is 43.2 Å². The van der Waals surface area contributed by atoms with Crippen LogP contribution in [0.1, 0.15) is 109 Å². The number of unbranched alkanes of at least 4 members (excludes halogenated alkanes) is 10. The second kappa shape index (κ2) is 34.7. The Balaban J connectivity index is 4.04. The third kappa shape index (κ3) is 32.4. The second-order valence-electron chi connectivity index (χ2n) is 13.8. The summed E-state index contributed by atoms with van der Waals surface area (Å²) >= 11 is 2.88. The Kier molecular flexibility index (Phi) is 32.2. The van der Waals surface area contributed by atoms with Gasteiger partial charge in [-0.2, -0.15) is 23.5 Å². The van der Waals surface area contributed by atoms with E-state index in [0.29, 0.717) is 25.2 Å². The summed E-state index contributed by atoms with van der Waals surface area (Å²) in [5, 5.41) is 45.0. The highest BCUT2D eigenvalue weighted by molar-refractivity contribution is 7.99. The van der Waals surface area contributed by atoms with Crippen molar-refractivity contribution in [3.05, 3.63) is 0 Å². The molecule has 0 spiro atoms. The van der Waals surface area contributed by atoms with E-state index in [1.807, 2.05) is 0 Å². The molecule has 0 saturated heterocycles. The highest BCUT2D eigenvalue weighted by Gasteiger charge is 2.24. The SMILES string of the molecule is NC(CCC(=O)NC(CSCCCCCCCCCOC(=O)CCCCCCCSCC(NC(=O)CCC(N)C(=O)O)C(=O)NCC(=O)O)C(=O)NCC(=O)O)C(=O)O. The van der Waals surface area contributed by atoms with Crippen LogP contribution < -0.4 is 32.7 Å². The molecule has 0 aromatic carbocycles. The minimum Gasteiger partial charge on any atom is -0.480 e. The van der Waals surface area contributed by atoms with Gasteiger partial charge in [0.15, 0.2) is 0 Å². The van der Waals surface area contributed by atoms with E-state index in [2.05, 4.69) is 21.3 Å². The number of hydrogen-bond acceptors (Lipinski definition) is 14. The van der Waals surface area contributed by atoms with Crippen LogP contribution in [0.4, 0.5) is 0 Å². The zero-order valence-corrected chi connectivity index (χ0v) is 35.3. The Labute approximate surface area is 353 Å². The summed E-state index contributed by atoms with van der Waals surface area (Å²) in [6.45, 7) is -0.812. The quantitative estimate of drug-likeness (QED) is 0.0303. The van der Waals surface area contributed by atoms with Crippen LogP contribution in [0, 0.1) is 0 Å². The number of carbonyl (C=O) groups is 9. The maximum absolute atomic E-state index is 12.4. The third-order valence-corrected chi connectivity index (χ3v) is 10.9. The van der Waals surface area contributed by atoms with Crippen LogP contribution in [0.2, 0.25) is 0 Å². The molecule has 20 nitrogen and oxygen atoms in total. The Morgan fingerprint density at radius 2 is 0.881 bits per heavy atom. The highest BCUT2D eigenvalue weighted by Crippen LogP contribution is 2.14. The van der Waals surface area contributed by atoms with E-state index >= 15 is 0 Å². The molecule has 4 atom stereocenters. The molecule has 12 N–H and O–H groups in total. The molecule has 4 unspecified atom stereocenters. The summed E-state index contributed by atoms with van der Waals surface area (Å²) in [7, 11) is 0. The number of nitrogens with one attached hydrogen (secondary N) is 4. The molecule has 0 rings (SSSR count). The fraction of sp³-hybridized carbons (Fsp3) is 0.757. The summed E-state index contributed by atoms with van der Waals surface area (Å²) < 4.78 is 5.35. The molecule has 0 aliphatic carbocycles. The molecule has 0 fully saturated rings. The first-order valence-electron chi connectivity index (χ1n) is 19.9. The Bertz CT molecular complexity index is 1330. The summed E-state index contributed by atoms with van der Waals surface area (Å²) in [4.78, 5) is 105. The molecule has 0 heterocycles. The van der Waals surface area contributed by atoms with Gasteiger partial charge in [0.25, 0.3) is 0 Å². The zero-order chi connectivity index (χ0) is 44.4. The van der Waals surface area contributed by atoms with Gasteiger partial charge in [0.2, 0.25) is 23.6 Å². The van der Waals surface area contributed by atoms with Crippen LogP contribution in [-0.4, -0.2) is 141 Å². The first kappa shape index (κ1) is 54.9. The largest absolute Gasteiger partial charge is 0.480 e. The highest BCUT2D eigenvalue weighted by atomic mass is 32.2. The minimum absolute atomic E-state index is 0.101. The molecular formula is C37H64N6O14S2. The van der Waals surface area contributed by atoms with E-state index in [1.165, 1.54) is 23.5 Å². The van der Waals surface area contributed by atoms with E-state index in [-0.39, 0.29) is 43.2 Å². The number of amides is 4. The van der Waals surface area contributed by atoms with E-state index < -0.39 is 84.8 Å². The Morgan fingerprint density at radius 3 is 1.27 bits per heavy atom. The van der Waals surface area contributed by atoms with E-state index in [0.717, 1.165) is 76.4 Å². The molecule has 0 aliphatic rings. The summed E-state index contributed by atoms with van der Waals surface area (Å²) in [6, 6.07) is -4.37. The van der Waals surface area contributed by atoms with Gasteiger partial charge < -0.3 is 57.9 Å². The normalized spacial score (nSPS) is 12.9. The molecule has 0 bridgehead atoms. The number of thioether (sulfide) groups is 2. The average Bonchev–Trinajstić information content (AvgIpc) is 3.18. The van der Waals surface area contributed by atoms with Gasteiger partial charge in [-0.15, -0.1) is 0 Å². The molecule has 22 heteroatoms. The van der Waals surface area contributed by atoms with Crippen LogP contribution in [0.15, 0.2) is 0 Å². The Hall–Kier alpha value is -4.15. The molecule has 0 radical (unpaired) electrons. The van der Waals surface area contributed by atoms with Gasteiger partial charge in [0, 0.05) is 30.8 Å². The predicted octanol–water partition coefficient (Wildman–Crippen LogP) is 0.823. The van der Waals surface area contributed by atoms with E-state index in [4.69, 9.17) is 36.6 Å². The maximum Gasteiger partial charge on any atom is 0.322 e. The van der Waals surface area contributed by atoms with Crippen molar-refractivity contribution in [2.75, 3.05) is 42.7 Å². The molecule has 0 saturated carbocycles. The van der Waals surface area contributed by atoms with Crippen molar-refractivity contribution in [1.29, 1.82) is 0 Å². The summed E-state index contributed by atoms with van der Waals surface area (Å²) in [6.07, 6.45) is 10.6. The van der Waals surface area contributed by atoms with Crippen molar-refractivity contribution in [2.45, 2.75) is 133 Å². The fourth-order valence-electron chi connectivity index (χ4n) is 5.15. The van der Waals surface area contributed by atoms with Gasteiger partial charge >= 0.3 is 29.8 Å². The number of rotatable bonds is 38. The van der Waals surface area contributed by atoms with Crippen molar-refractivity contribution in [3.8, 4) is 0 Å². The first-order valence-corrected chi connectivity index (χ1v) is 22.2. The lowest BCUT2D eigenvalue weighted by molar-refractivity contribution is -0.144. The van der Waals surface area contributed by atoms with Crippen molar-refractivity contribution in [1.82, 2.24) is 21.3 Å². The van der Waals surface area contributed by atoms with Crippen molar-refractivity contribution in [3.63, 3.8) is 0 Å². The maximum atomic E-state index is 12.4.